The van der Waals surface area contributed by atoms with E-state index >= 15 is 0 Å². The summed E-state index contributed by atoms with van der Waals surface area (Å²) in [7, 11) is -3.85. The van der Waals surface area contributed by atoms with Gasteiger partial charge in [0.05, 0.1) is 11.9 Å². The fourth-order valence-electron chi connectivity index (χ4n) is 3.20. The maximum absolute atomic E-state index is 14.2. The molecule has 7 heteroatoms. The van der Waals surface area contributed by atoms with Crippen molar-refractivity contribution in [1.82, 2.24) is 0 Å². The van der Waals surface area contributed by atoms with Crippen molar-refractivity contribution in [2.45, 2.75) is 19.4 Å². The van der Waals surface area contributed by atoms with Crippen LogP contribution in [0.1, 0.15) is 12.5 Å². The fourth-order valence-corrected chi connectivity index (χ4v) is 4.37. The molecule has 0 spiro atoms. The fraction of sp³-hybridized carbons (Fsp3) is 0.278. The Kier molecular flexibility index (Phi) is 4.51. The summed E-state index contributed by atoms with van der Waals surface area (Å²) in [5, 5.41) is 0. The van der Waals surface area contributed by atoms with Gasteiger partial charge in [-0.1, -0.05) is 30.3 Å². The highest BCUT2D eigenvalue weighted by Gasteiger charge is 2.35. The number of benzene rings is 2. The summed E-state index contributed by atoms with van der Waals surface area (Å²) >= 11 is 0. The molecule has 1 unspecified atom stereocenters. The summed E-state index contributed by atoms with van der Waals surface area (Å²) in [6.45, 7) is 1.97. The average molecular weight is 362 g/mol. The predicted molar refractivity (Wildman–Crippen MR) is 95.7 cm³/mol. The lowest BCUT2D eigenvalue weighted by Gasteiger charge is -2.31. The lowest BCUT2D eigenvalue weighted by atomic mass is 10.2. The highest BCUT2D eigenvalue weighted by molar-refractivity contribution is 7.92. The van der Waals surface area contributed by atoms with Gasteiger partial charge in [-0.15, -0.1) is 0 Å². The molecule has 0 radical (unpaired) electrons. The van der Waals surface area contributed by atoms with Crippen LogP contribution in [-0.4, -0.2) is 33.2 Å². The minimum absolute atomic E-state index is 0.127. The number of nitrogens with zero attached hydrogens (tertiary/aromatic N) is 2. The van der Waals surface area contributed by atoms with E-state index in [0.717, 1.165) is 21.8 Å². The number of halogens is 1. The Morgan fingerprint density at radius 1 is 1.16 bits per heavy atom. The summed E-state index contributed by atoms with van der Waals surface area (Å²) in [4.78, 5) is 14.5. The lowest BCUT2D eigenvalue weighted by Crippen LogP contribution is -2.49. The van der Waals surface area contributed by atoms with Crippen LogP contribution in [0.15, 0.2) is 48.5 Å². The molecule has 1 heterocycles. The van der Waals surface area contributed by atoms with Crippen molar-refractivity contribution < 1.29 is 17.6 Å². The van der Waals surface area contributed by atoms with Gasteiger partial charge < -0.3 is 4.90 Å². The molecular formula is C18H19FN2O3S. The van der Waals surface area contributed by atoms with Gasteiger partial charge >= 0.3 is 0 Å². The number of anilines is 2. The van der Waals surface area contributed by atoms with Crippen LogP contribution in [-0.2, 0) is 21.2 Å². The Hall–Kier alpha value is -2.41. The Bertz CT molecular complexity index is 914. The first kappa shape index (κ1) is 17.4. The van der Waals surface area contributed by atoms with Crippen molar-refractivity contribution in [2.24, 2.45) is 0 Å². The van der Waals surface area contributed by atoms with Crippen LogP contribution in [0.4, 0.5) is 15.8 Å². The number of carbonyl (C=O) groups is 1. The number of rotatable bonds is 4. The minimum atomic E-state index is -3.85. The minimum Gasteiger partial charge on any atom is -0.310 e. The molecule has 1 aliphatic heterocycles. The average Bonchev–Trinajstić information content (AvgIpc) is 2.99. The molecule has 0 N–H and O–H groups in total. The van der Waals surface area contributed by atoms with Gasteiger partial charge in [-0.3, -0.25) is 9.10 Å². The summed E-state index contributed by atoms with van der Waals surface area (Å²) < 4.78 is 39.6. The number of hydrogen-bond donors (Lipinski definition) is 0. The Labute approximate surface area is 146 Å². The van der Waals surface area contributed by atoms with E-state index < -0.39 is 21.9 Å². The SMILES string of the molecule is CC(C(=O)N1CCc2ccccc21)N(c1ccccc1F)S(C)(=O)=O. The second-order valence-electron chi connectivity index (χ2n) is 6.05. The summed E-state index contributed by atoms with van der Waals surface area (Å²) in [6, 6.07) is 12.0. The van der Waals surface area contributed by atoms with Gasteiger partial charge in [0.25, 0.3) is 5.91 Å². The molecule has 1 atom stereocenters. The van der Waals surface area contributed by atoms with Crippen molar-refractivity contribution >= 4 is 27.3 Å². The molecule has 2 aromatic rings. The summed E-state index contributed by atoms with van der Waals surface area (Å²) in [5.41, 5.74) is 1.69. The van der Waals surface area contributed by atoms with E-state index in [1.54, 1.807) is 11.0 Å². The third-order valence-electron chi connectivity index (χ3n) is 4.31. The van der Waals surface area contributed by atoms with Crippen LogP contribution in [0, 0.1) is 5.82 Å². The summed E-state index contributed by atoms with van der Waals surface area (Å²) in [5.74, 6) is -1.06. The molecule has 1 aliphatic rings. The molecule has 2 aromatic carbocycles. The van der Waals surface area contributed by atoms with E-state index in [-0.39, 0.29) is 11.6 Å². The van der Waals surface area contributed by atoms with E-state index in [9.17, 15) is 17.6 Å². The molecule has 5 nitrogen and oxygen atoms in total. The van der Waals surface area contributed by atoms with Crippen molar-refractivity contribution in [1.29, 1.82) is 0 Å². The van der Waals surface area contributed by atoms with E-state index in [0.29, 0.717) is 13.0 Å². The van der Waals surface area contributed by atoms with E-state index in [4.69, 9.17) is 0 Å². The van der Waals surface area contributed by atoms with Gasteiger partial charge in [0, 0.05) is 12.2 Å². The number of hydrogen-bond acceptors (Lipinski definition) is 3. The van der Waals surface area contributed by atoms with Crippen molar-refractivity contribution in [3.8, 4) is 0 Å². The molecule has 25 heavy (non-hydrogen) atoms. The normalized spacial score (nSPS) is 14.9. The molecule has 0 aromatic heterocycles. The Morgan fingerprint density at radius 3 is 2.48 bits per heavy atom. The van der Waals surface area contributed by atoms with E-state index in [2.05, 4.69) is 0 Å². The van der Waals surface area contributed by atoms with Gasteiger partial charge in [0.2, 0.25) is 10.0 Å². The topological polar surface area (TPSA) is 57.7 Å². The van der Waals surface area contributed by atoms with Crippen LogP contribution in [0.2, 0.25) is 0 Å². The highest BCUT2D eigenvalue weighted by atomic mass is 32.2. The van der Waals surface area contributed by atoms with Crippen molar-refractivity contribution in [3.63, 3.8) is 0 Å². The predicted octanol–water partition coefficient (Wildman–Crippen LogP) is 2.57. The Balaban J connectivity index is 1.98. The van der Waals surface area contributed by atoms with Gasteiger partial charge in [0.15, 0.2) is 0 Å². The highest BCUT2D eigenvalue weighted by Crippen LogP contribution is 2.30. The first-order valence-corrected chi connectivity index (χ1v) is 9.79. The third kappa shape index (κ3) is 3.24. The zero-order valence-electron chi connectivity index (χ0n) is 14.0. The van der Waals surface area contributed by atoms with E-state index in [1.807, 2.05) is 24.3 Å². The lowest BCUT2D eigenvalue weighted by molar-refractivity contribution is -0.119. The quantitative estimate of drug-likeness (QED) is 0.840. The van der Waals surface area contributed by atoms with Gasteiger partial charge in [-0.2, -0.15) is 0 Å². The standard InChI is InChI=1S/C18H19FN2O3S/c1-13(18(22)20-12-11-14-7-3-5-9-16(14)20)21(25(2,23)24)17-10-6-4-8-15(17)19/h3-10,13H,11-12H2,1-2H3. The second-order valence-corrected chi connectivity index (χ2v) is 7.91. The first-order chi connectivity index (χ1) is 11.8. The second kappa shape index (κ2) is 6.48. The van der Waals surface area contributed by atoms with Gasteiger partial charge in [0.1, 0.15) is 11.9 Å². The zero-order valence-corrected chi connectivity index (χ0v) is 14.8. The van der Waals surface area contributed by atoms with Crippen LogP contribution in [0.5, 0.6) is 0 Å². The molecule has 1 amide bonds. The molecule has 0 saturated carbocycles. The number of amides is 1. The maximum Gasteiger partial charge on any atom is 0.250 e. The van der Waals surface area contributed by atoms with Gasteiger partial charge in [-0.25, -0.2) is 12.8 Å². The van der Waals surface area contributed by atoms with Crippen LogP contribution in [0.25, 0.3) is 0 Å². The molecule has 132 valence electrons. The molecular weight excluding hydrogens is 343 g/mol. The maximum atomic E-state index is 14.2. The number of fused-ring (bicyclic) bond motifs is 1. The van der Waals surface area contributed by atoms with Gasteiger partial charge in [-0.05, 0) is 37.1 Å². The number of carbonyl (C=O) groups excluding carboxylic acids is 1. The van der Waals surface area contributed by atoms with Crippen LogP contribution >= 0.6 is 0 Å². The van der Waals surface area contributed by atoms with Crippen LogP contribution in [0.3, 0.4) is 0 Å². The molecule has 3 rings (SSSR count). The van der Waals surface area contributed by atoms with Crippen molar-refractivity contribution in [2.75, 3.05) is 22.0 Å². The van der Waals surface area contributed by atoms with Crippen molar-refractivity contribution in [3.05, 3.63) is 59.9 Å². The smallest absolute Gasteiger partial charge is 0.250 e. The van der Waals surface area contributed by atoms with E-state index in [1.165, 1.54) is 25.1 Å². The number of para-hydroxylation sites is 2. The van der Waals surface area contributed by atoms with Crippen LogP contribution < -0.4 is 9.21 Å². The third-order valence-corrected chi connectivity index (χ3v) is 5.54. The summed E-state index contributed by atoms with van der Waals surface area (Å²) in [6.07, 6.45) is 1.69. The molecule has 0 saturated heterocycles. The molecule has 0 bridgehead atoms. The largest absolute Gasteiger partial charge is 0.310 e. The molecule has 0 fully saturated rings. The monoisotopic (exact) mass is 362 g/mol. The zero-order chi connectivity index (χ0) is 18.2. The first-order valence-electron chi connectivity index (χ1n) is 7.94. The Morgan fingerprint density at radius 2 is 1.80 bits per heavy atom. The molecule has 0 aliphatic carbocycles. The number of sulfonamides is 1.